The third-order valence-electron chi connectivity index (χ3n) is 14.7. The van der Waals surface area contributed by atoms with E-state index in [1.807, 2.05) is 21.1 Å². The number of nitrogens with zero attached hydrogens (tertiary/aromatic N) is 1. The molecule has 0 aromatic heterocycles. The van der Waals surface area contributed by atoms with E-state index in [0.717, 1.165) is 116 Å². The van der Waals surface area contributed by atoms with Crippen LogP contribution in [0.2, 0.25) is 0 Å². The van der Waals surface area contributed by atoms with Gasteiger partial charge in [0.1, 0.15) is 19.8 Å². The van der Waals surface area contributed by atoms with Crippen LogP contribution in [0.4, 0.5) is 0 Å². The number of carbonyl (C=O) groups excluding carboxylic acids is 2. The maximum absolute atomic E-state index is 12.9. The average molecular weight is 1220 g/mol. The van der Waals surface area contributed by atoms with E-state index in [-0.39, 0.29) is 32.0 Å². The molecule has 0 spiro atoms. The second-order valence-corrected chi connectivity index (χ2v) is 25.6. The number of hydrogen-bond donors (Lipinski definition) is 1. The zero-order valence-electron chi connectivity index (χ0n) is 56.0. The first kappa shape index (κ1) is 82.1. The van der Waals surface area contributed by atoms with Gasteiger partial charge >= 0.3 is 19.8 Å². The summed E-state index contributed by atoms with van der Waals surface area (Å²) in [5.74, 6) is -0.805. The quantitative estimate of drug-likeness (QED) is 0.0211. The molecule has 2 atom stereocenters. The molecule has 86 heavy (non-hydrogen) atoms. The van der Waals surface area contributed by atoms with Gasteiger partial charge in [0, 0.05) is 12.8 Å². The molecule has 0 rings (SSSR count). The number of phosphoric ester groups is 1. The summed E-state index contributed by atoms with van der Waals surface area (Å²) >= 11 is 0. The van der Waals surface area contributed by atoms with Crippen LogP contribution >= 0.6 is 7.82 Å². The van der Waals surface area contributed by atoms with Crippen molar-refractivity contribution in [3.63, 3.8) is 0 Å². The lowest BCUT2D eigenvalue weighted by molar-refractivity contribution is -0.870. The first-order chi connectivity index (χ1) is 42.0. The van der Waals surface area contributed by atoms with Crippen molar-refractivity contribution in [2.45, 2.75) is 290 Å². The Hall–Kier alpha value is -3.85. The Balaban J connectivity index is 4.06. The zero-order valence-corrected chi connectivity index (χ0v) is 56.9. The van der Waals surface area contributed by atoms with Crippen molar-refractivity contribution in [2.75, 3.05) is 47.5 Å². The minimum atomic E-state index is -4.40. The molecule has 0 amide bonds. The van der Waals surface area contributed by atoms with Gasteiger partial charge in [-0.3, -0.25) is 18.6 Å². The summed E-state index contributed by atoms with van der Waals surface area (Å²) < 4.78 is 34.7. The highest BCUT2D eigenvalue weighted by Gasteiger charge is 2.27. The second-order valence-electron chi connectivity index (χ2n) is 24.2. The zero-order chi connectivity index (χ0) is 62.6. The predicted octanol–water partition coefficient (Wildman–Crippen LogP) is 22.8. The topological polar surface area (TPSA) is 108 Å². The summed E-state index contributed by atoms with van der Waals surface area (Å²) in [5.41, 5.74) is 0. The van der Waals surface area contributed by atoms with Crippen LogP contribution in [-0.2, 0) is 32.7 Å². The van der Waals surface area contributed by atoms with E-state index >= 15 is 0 Å². The van der Waals surface area contributed by atoms with Crippen LogP contribution in [0.1, 0.15) is 284 Å². The van der Waals surface area contributed by atoms with Gasteiger partial charge in [-0.05, 0) is 109 Å². The molecule has 0 fully saturated rings. The van der Waals surface area contributed by atoms with E-state index in [4.69, 9.17) is 18.5 Å². The number of likely N-dealkylation sites (N-methyl/N-ethyl adjacent to an activating group) is 1. The number of esters is 2. The van der Waals surface area contributed by atoms with Gasteiger partial charge < -0.3 is 18.9 Å². The van der Waals surface area contributed by atoms with Gasteiger partial charge in [-0.2, -0.15) is 0 Å². The van der Waals surface area contributed by atoms with Crippen LogP contribution in [0.15, 0.2) is 134 Å². The Morgan fingerprint density at radius 3 is 0.930 bits per heavy atom. The first-order valence-corrected chi connectivity index (χ1v) is 36.4. The molecule has 0 saturated heterocycles. The molecule has 1 N–H and O–H groups in total. The van der Waals surface area contributed by atoms with E-state index in [2.05, 4.69) is 148 Å². The van der Waals surface area contributed by atoms with Crippen LogP contribution in [-0.4, -0.2) is 74.9 Å². The van der Waals surface area contributed by atoms with Crippen molar-refractivity contribution in [2.24, 2.45) is 0 Å². The lowest BCUT2D eigenvalue weighted by Gasteiger charge is -2.24. The number of hydrogen-bond acceptors (Lipinski definition) is 7. The maximum atomic E-state index is 12.9. The van der Waals surface area contributed by atoms with E-state index in [0.29, 0.717) is 17.4 Å². The molecule has 0 aliphatic carbocycles. The number of phosphoric acid groups is 1. The van der Waals surface area contributed by atoms with Crippen LogP contribution in [0.5, 0.6) is 0 Å². The fourth-order valence-electron chi connectivity index (χ4n) is 9.40. The summed E-state index contributed by atoms with van der Waals surface area (Å²) in [6, 6.07) is 0. The van der Waals surface area contributed by atoms with Crippen molar-refractivity contribution in [1.29, 1.82) is 0 Å². The largest absolute Gasteiger partial charge is 0.472 e. The highest BCUT2D eigenvalue weighted by Crippen LogP contribution is 2.43. The molecule has 0 radical (unpaired) electrons. The Bertz CT molecular complexity index is 1910. The summed E-state index contributed by atoms with van der Waals surface area (Å²) in [6.07, 6.45) is 95.5. The third kappa shape index (κ3) is 69.3. The summed E-state index contributed by atoms with van der Waals surface area (Å²) in [6.45, 7) is 4.21. The molecule has 0 saturated carbocycles. The summed E-state index contributed by atoms with van der Waals surface area (Å²) in [4.78, 5) is 35.9. The Morgan fingerprint density at radius 2 is 0.628 bits per heavy atom. The number of rotatable bonds is 63. The van der Waals surface area contributed by atoms with Crippen LogP contribution in [0.3, 0.4) is 0 Å². The molecule has 0 heterocycles. The third-order valence-corrected chi connectivity index (χ3v) is 15.7. The normalized spacial score (nSPS) is 14.0. The Kier molecular flexibility index (Phi) is 62.7. The van der Waals surface area contributed by atoms with Gasteiger partial charge in [-0.25, -0.2) is 4.57 Å². The number of quaternary nitrogens is 1. The van der Waals surface area contributed by atoms with Gasteiger partial charge in [0.15, 0.2) is 6.10 Å². The standard InChI is InChI=1S/C76H130NO8P/c1-6-8-10-12-14-16-18-20-22-24-26-28-30-32-34-35-36-37-38-39-40-41-43-44-46-48-50-52-54-56-58-60-62-64-66-68-75(78)82-72-74(73-84-86(80,81)83-71-70-77(3,4)5)85-76(79)69-67-65-63-61-59-57-55-53-51-49-47-45-42-33-31-29-27-25-23-21-19-17-15-13-11-9-7-2/h8-11,14-17,20-23,26-29,32-34,42,47,49,74H,6-7,12-13,18-19,24-25,30-31,35-41,43-46,48,50-73H2,1-5H3/p+1/b10-8-,11-9-,16-14-,17-15-,22-20-,23-21-,28-26-,29-27-,34-32-,42-33-,49-47-. The molecule has 9 nitrogen and oxygen atoms in total. The van der Waals surface area contributed by atoms with E-state index < -0.39 is 26.5 Å². The van der Waals surface area contributed by atoms with E-state index in [1.165, 1.54) is 135 Å². The Morgan fingerprint density at radius 1 is 0.360 bits per heavy atom. The monoisotopic (exact) mass is 1220 g/mol. The van der Waals surface area contributed by atoms with Crippen molar-refractivity contribution in [1.82, 2.24) is 0 Å². The minimum absolute atomic E-state index is 0.0249. The van der Waals surface area contributed by atoms with Gasteiger partial charge in [0.25, 0.3) is 0 Å². The number of allylic oxidation sites excluding steroid dienone is 22. The molecule has 0 bridgehead atoms. The first-order valence-electron chi connectivity index (χ1n) is 34.9. The number of unbranched alkanes of at least 4 members (excludes halogenated alkanes) is 27. The van der Waals surface area contributed by atoms with Crippen LogP contribution < -0.4 is 0 Å². The fourth-order valence-corrected chi connectivity index (χ4v) is 10.1. The summed E-state index contributed by atoms with van der Waals surface area (Å²) in [5, 5.41) is 0. The highest BCUT2D eigenvalue weighted by molar-refractivity contribution is 7.47. The van der Waals surface area contributed by atoms with Gasteiger partial charge in [0.2, 0.25) is 0 Å². The molecular weight excluding hydrogens is 1090 g/mol. The van der Waals surface area contributed by atoms with Crippen molar-refractivity contribution in [3.8, 4) is 0 Å². The Labute approximate surface area is 530 Å². The molecule has 0 aromatic rings. The predicted molar refractivity (Wildman–Crippen MR) is 371 cm³/mol. The molecule has 2 unspecified atom stereocenters. The molecule has 0 aliphatic rings. The van der Waals surface area contributed by atoms with Crippen LogP contribution in [0.25, 0.3) is 0 Å². The van der Waals surface area contributed by atoms with Crippen molar-refractivity contribution < 1.29 is 42.1 Å². The molecular formula is C76H131NO8P+. The lowest BCUT2D eigenvalue weighted by Crippen LogP contribution is -2.37. The van der Waals surface area contributed by atoms with Crippen LogP contribution in [0, 0.1) is 0 Å². The van der Waals surface area contributed by atoms with Crippen molar-refractivity contribution in [3.05, 3.63) is 134 Å². The SMILES string of the molecule is CC/C=C\C/C=C\C/C=C\C/C=C\C/C=C\C/C=C\CCCCCCCCCCC(=O)OC(COC(=O)CCCCCCCCCCCCCCCCCCCCC/C=C\C/C=C\C/C=C\C/C=C\C/C=C\CC)COP(=O)(O)OCC[N+](C)(C)C. The molecule has 10 heteroatoms. The molecule has 0 aromatic carbocycles. The summed E-state index contributed by atoms with van der Waals surface area (Å²) in [7, 11) is 1.46. The van der Waals surface area contributed by atoms with E-state index in [9.17, 15) is 19.0 Å². The van der Waals surface area contributed by atoms with Gasteiger partial charge in [-0.15, -0.1) is 0 Å². The highest BCUT2D eigenvalue weighted by atomic mass is 31.2. The minimum Gasteiger partial charge on any atom is -0.462 e. The fraction of sp³-hybridized carbons (Fsp3) is 0.684. The number of ether oxygens (including phenoxy) is 2. The molecule has 492 valence electrons. The van der Waals surface area contributed by atoms with Crippen molar-refractivity contribution >= 4 is 19.8 Å². The second kappa shape index (κ2) is 65.6. The van der Waals surface area contributed by atoms with Gasteiger partial charge in [-0.1, -0.05) is 295 Å². The molecule has 0 aliphatic heterocycles. The van der Waals surface area contributed by atoms with Gasteiger partial charge in [0.05, 0.1) is 27.7 Å². The average Bonchev–Trinajstić information content (AvgIpc) is 3.53. The smallest absolute Gasteiger partial charge is 0.462 e. The maximum Gasteiger partial charge on any atom is 0.472 e. The lowest BCUT2D eigenvalue weighted by atomic mass is 10.0. The number of carbonyl (C=O) groups is 2. The van der Waals surface area contributed by atoms with E-state index in [1.54, 1.807) is 0 Å².